The second kappa shape index (κ2) is 7.32. The molecule has 4 heteroatoms. The molecule has 0 saturated carbocycles. The Hall–Kier alpha value is -1.74. The van der Waals surface area contributed by atoms with Gasteiger partial charge in [0.05, 0.1) is 11.9 Å². The summed E-state index contributed by atoms with van der Waals surface area (Å²) in [5.41, 5.74) is 3.28. The molecule has 1 aromatic carbocycles. The minimum Gasteiger partial charge on any atom is -0.380 e. The summed E-state index contributed by atoms with van der Waals surface area (Å²) in [6, 6.07) is 10.3. The maximum Gasteiger partial charge on any atom is 0.128 e. The highest BCUT2D eigenvalue weighted by molar-refractivity contribution is 6.31. The molecule has 21 heavy (non-hydrogen) atoms. The van der Waals surface area contributed by atoms with Crippen molar-refractivity contribution in [3.05, 3.63) is 52.7 Å². The Morgan fingerprint density at radius 3 is 2.48 bits per heavy atom. The van der Waals surface area contributed by atoms with Crippen molar-refractivity contribution in [3.63, 3.8) is 0 Å². The fourth-order valence-electron chi connectivity index (χ4n) is 2.18. The second-order valence-corrected chi connectivity index (χ2v) is 5.42. The van der Waals surface area contributed by atoms with Gasteiger partial charge >= 0.3 is 0 Å². The van der Waals surface area contributed by atoms with Crippen LogP contribution in [0.4, 0.5) is 11.5 Å². The summed E-state index contributed by atoms with van der Waals surface area (Å²) >= 11 is 6.14. The Balaban J connectivity index is 1.98. The molecule has 1 heterocycles. The van der Waals surface area contributed by atoms with Gasteiger partial charge in [-0.05, 0) is 50.1 Å². The van der Waals surface area contributed by atoms with Gasteiger partial charge in [-0.15, -0.1) is 0 Å². The van der Waals surface area contributed by atoms with Crippen LogP contribution in [0, 0.1) is 6.92 Å². The van der Waals surface area contributed by atoms with E-state index in [1.165, 1.54) is 5.56 Å². The molecule has 0 bridgehead atoms. The van der Waals surface area contributed by atoms with Crippen LogP contribution in [0.3, 0.4) is 0 Å². The molecule has 0 unspecified atom stereocenters. The molecule has 0 aliphatic heterocycles. The van der Waals surface area contributed by atoms with Crippen LogP contribution >= 0.6 is 11.6 Å². The number of benzene rings is 1. The van der Waals surface area contributed by atoms with Crippen LogP contribution in [-0.4, -0.2) is 18.1 Å². The molecule has 1 aromatic heterocycles. The molecule has 112 valence electrons. The molecule has 2 aromatic rings. The van der Waals surface area contributed by atoms with Gasteiger partial charge in [0.1, 0.15) is 5.82 Å². The third kappa shape index (κ3) is 4.11. The molecular weight excluding hydrogens is 282 g/mol. The molecule has 1 N–H and O–H groups in total. The topological polar surface area (TPSA) is 28.2 Å². The van der Waals surface area contributed by atoms with Crippen LogP contribution in [0.15, 0.2) is 36.5 Å². The van der Waals surface area contributed by atoms with E-state index in [2.05, 4.69) is 47.2 Å². The van der Waals surface area contributed by atoms with Gasteiger partial charge in [0.15, 0.2) is 0 Å². The standard InChI is InChI=1S/C17H22ClN3/c1-4-21(5-2)17-9-8-15(12-20-17)19-11-14-7-6-13(3)16(18)10-14/h6-10,12,19H,4-5,11H2,1-3H3. The van der Waals surface area contributed by atoms with Crippen LogP contribution < -0.4 is 10.2 Å². The van der Waals surface area contributed by atoms with Crippen molar-refractivity contribution in [2.24, 2.45) is 0 Å². The van der Waals surface area contributed by atoms with Crippen molar-refractivity contribution < 1.29 is 0 Å². The molecule has 3 nitrogen and oxygen atoms in total. The molecule has 0 aliphatic rings. The van der Waals surface area contributed by atoms with Gasteiger partial charge in [0, 0.05) is 24.7 Å². The summed E-state index contributed by atoms with van der Waals surface area (Å²) in [5, 5.41) is 4.18. The lowest BCUT2D eigenvalue weighted by molar-refractivity contribution is 0.846. The highest BCUT2D eigenvalue weighted by atomic mass is 35.5. The van der Waals surface area contributed by atoms with E-state index < -0.39 is 0 Å². The SMILES string of the molecule is CCN(CC)c1ccc(NCc2ccc(C)c(Cl)c2)cn1. The van der Waals surface area contributed by atoms with E-state index in [-0.39, 0.29) is 0 Å². The quantitative estimate of drug-likeness (QED) is 0.851. The molecule has 0 atom stereocenters. The van der Waals surface area contributed by atoms with Gasteiger partial charge in [0.25, 0.3) is 0 Å². The van der Waals surface area contributed by atoms with Gasteiger partial charge in [0.2, 0.25) is 0 Å². The third-order valence-electron chi connectivity index (χ3n) is 3.57. The number of nitrogens with zero attached hydrogens (tertiary/aromatic N) is 2. The van der Waals surface area contributed by atoms with Crippen molar-refractivity contribution >= 4 is 23.1 Å². The lowest BCUT2D eigenvalue weighted by Crippen LogP contribution is -2.22. The van der Waals surface area contributed by atoms with Crippen LogP contribution in [0.1, 0.15) is 25.0 Å². The summed E-state index contributed by atoms with van der Waals surface area (Å²) in [6.07, 6.45) is 1.88. The van der Waals surface area contributed by atoms with Gasteiger partial charge < -0.3 is 10.2 Å². The van der Waals surface area contributed by atoms with Crippen molar-refractivity contribution in [2.45, 2.75) is 27.3 Å². The largest absolute Gasteiger partial charge is 0.380 e. The highest BCUT2D eigenvalue weighted by Crippen LogP contribution is 2.18. The number of hydrogen-bond acceptors (Lipinski definition) is 3. The van der Waals surface area contributed by atoms with Crippen molar-refractivity contribution in [1.82, 2.24) is 4.98 Å². The molecule has 2 rings (SSSR count). The number of anilines is 2. The predicted molar refractivity (Wildman–Crippen MR) is 91.3 cm³/mol. The summed E-state index contributed by atoms with van der Waals surface area (Å²) in [5.74, 6) is 1.02. The van der Waals surface area contributed by atoms with E-state index in [9.17, 15) is 0 Å². The van der Waals surface area contributed by atoms with E-state index in [1.807, 2.05) is 25.3 Å². The van der Waals surface area contributed by atoms with Crippen LogP contribution in [0.25, 0.3) is 0 Å². The zero-order valence-corrected chi connectivity index (χ0v) is 13.6. The number of pyridine rings is 1. The first-order valence-electron chi connectivity index (χ1n) is 7.34. The van der Waals surface area contributed by atoms with E-state index >= 15 is 0 Å². The first kappa shape index (κ1) is 15.6. The van der Waals surface area contributed by atoms with E-state index in [4.69, 9.17) is 11.6 Å². The maximum atomic E-state index is 6.14. The number of nitrogens with one attached hydrogen (secondary N) is 1. The van der Waals surface area contributed by atoms with Crippen molar-refractivity contribution in [1.29, 1.82) is 0 Å². The number of aromatic nitrogens is 1. The van der Waals surface area contributed by atoms with Crippen LogP contribution in [0.5, 0.6) is 0 Å². The number of rotatable bonds is 6. The Labute approximate surface area is 132 Å². The molecule has 0 radical (unpaired) electrons. The minimum atomic E-state index is 0.742. The smallest absolute Gasteiger partial charge is 0.128 e. The van der Waals surface area contributed by atoms with Crippen molar-refractivity contribution in [3.8, 4) is 0 Å². The van der Waals surface area contributed by atoms with Gasteiger partial charge in [-0.1, -0.05) is 23.7 Å². The zero-order chi connectivity index (χ0) is 15.2. The summed E-state index contributed by atoms with van der Waals surface area (Å²) < 4.78 is 0. The Kier molecular flexibility index (Phi) is 5.45. The van der Waals surface area contributed by atoms with Gasteiger partial charge in [-0.3, -0.25) is 0 Å². The molecule has 0 spiro atoms. The molecule has 0 amide bonds. The van der Waals surface area contributed by atoms with Gasteiger partial charge in [-0.2, -0.15) is 0 Å². The van der Waals surface area contributed by atoms with E-state index in [0.717, 1.165) is 41.7 Å². The van der Waals surface area contributed by atoms with Gasteiger partial charge in [-0.25, -0.2) is 4.98 Å². The Bertz CT molecular complexity index is 577. The number of halogens is 1. The Morgan fingerprint density at radius 1 is 1.14 bits per heavy atom. The lowest BCUT2D eigenvalue weighted by atomic mass is 10.1. The predicted octanol–water partition coefficient (Wildman–Crippen LogP) is 4.50. The zero-order valence-electron chi connectivity index (χ0n) is 12.9. The average Bonchev–Trinajstić information content (AvgIpc) is 2.51. The average molecular weight is 304 g/mol. The monoisotopic (exact) mass is 303 g/mol. The minimum absolute atomic E-state index is 0.742. The first-order valence-corrected chi connectivity index (χ1v) is 7.71. The van der Waals surface area contributed by atoms with Crippen molar-refractivity contribution in [2.75, 3.05) is 23.3 Å². The first-order chi connectivity index (χ1) is 10.1. The summed E-state index contributed by atoms with van der Waals surface area (Å²) in [6.45, 7) is 8.97. The third-order valence-corrected chi connectivity index (χ3v) is 3.98. The molecular formula is C17H22ClN3. The fraction of sp³-hybridized carbons (Fsp3) is 0.353. The lowest BCUT2D eigenvalue weighted by Gasteiger charge is -2.19. The normalized spacial score (nSPS) is 10.5. The van der Waals surface area contributed by atoms with Crippen LogP contribution in [0.2, 0.25) is 5.02 Å². The number of hydrogen-bond donors (Lipinski definition) is 1. The second-order valence-electron chi connectivity index (χ2n) is 5.01. The fourth-order valence-corrected chi connectivity index (χ4v) is 2.38. The van der Waals surface area contributed by atoms with E-state index in [1.54, 1.807) is 0 Å². The molecule has 0 saturated heterocycles. The van der Waals surface area contributed by atoms with E-state index in [0.29, 0.717) is 0 Å². The molecule has 0 fully saturated rings. The maximum absolute atomic E-state index is 6.14. The highest BCUT2D eigenvalue weighted by Gasteiger charge is 2.03. The Morgan fingerprint density at radius 2 is 1.90 bits per heavy atom. The summed E-state index contributed by atoms with van der Waals surface area (Å²) in [7, 11) is 0. The molecule has 0 aliphatic carbocycles. The van der Waals surface area contributed by atoms with Crippen LogP contribution in [-0.2, 0) is 6.54 Å². The number of aryl methyl sites for hydroxylation is 1. The summed E-state index contributed by atoms with van der Waals surface area (Å²) in [4.78, 5) is 6.73.